The number of rotatable bonds is 1. The van der Waals surface area contributed by atoms with E-state index in [9.17, 15) is 0 Å². The third-order valence-electron chi connectivity index (χ3n) is 4.46. The fraction of sp³-hybridized carbons (Fsp3) is 0.562. The van der Waals surface area contributed by atoms with Crippen LogP contribution in [0.5, 0.6) is 0 Å². The lowest BCUT2D eigenvalue weighted by Gasteiger charge is -2.37. The van der Waals surface area contributed by atoms with E-state index in [1.54, 1.807) is 0 Å². The van der Waals surface area contributed by atoms with Crippen molar-refractivity contribution in [1.29, 1.82) is 0 Å². The van der Waals surface area contributed by atoms with Crippen molar-refractivity contribution in [3.05, 3.63) is 46.8 Å². The fourth-order valence-electron chi connectivity index (χ4n) is 3.16. The molecule has 1 aromatic rings. The molecule has 0 amide bonds. The van der Waals surface area contributed by atoms with Crippen molar-refractivity contribution in [3.63, 3.8) is 0 Å². The summed E-state index contributed by atoms with van der Waals surface area (Å²) in [6, 6.07) is 8.38. The van der Waals surface area contributed by atoms with Gasteiger partial charge in [0, 0.05) is 31.2 Å². The molecular weight excluding hydrogens is 238 g/mol. The number of benzene rings is 1. The lowest BCUT2D eigenvalue weighted by atomic mass is 9.75. The summed E-state index contributed by atoms with van der Waals surface area (Å²) in [7, 11) is 0. The second-order valence-corrected chi connectivity index (χ2v) is 5.62. The van der Waals surface area contributed by atoms with Crippen LogP contribution in [0.15, 0.2) is 24.3 Å². The molecule has 3 rings (SSSR count). The first kappa shape index (κ1) is 12.7. The number of aryl methyl sites for hydroxylation is 1. The Bertz CT molecular complexity index is 484. The summed E-state index contributed by atoms with van der Waals surface area (Å²) in [5.74, 6) is -0.390. The molecule has 0 aromatic heterocycles. The molecule has 0 unspecified atom stereocenters. The first-order valence-corrected chi connectivity index (χ1v) is 6.92. The van der Waals surface area contributed by atoms with Crippen molar-refractivity contribution in [3.8, 4) is 0 Å². The molecule has 1 saturated carbocycles. The molecule has 0 radical (unpaired) electrons. The van der Waals surface area contributed by atoms with Crippen LogP contribution in [-0.2, 0) is 15.0 Å². The summed E-state index contributed by atoms with van der Waals surface area (Å²) in [6.07, 6.45) is 3.28. The van der Waals surface area contributed by atoms with E-state index >= 15 is 0 Å². The average molecular weight is 257 g/mol. The second kappa shape index (κ2) is 4.63. The first-order valence-electron chi connectivity index (χ1n) is 6.92. The molecule has 3 heteroatoms. The third-order valence-corrected chi connectivity index (χ3v) is 4.46. The highest BCUT2D eigenvalue weighted by Crippen LogP contribution is 2.47. The Kier molecular flexibility index (Phi) is 3.08. The maximum atomic E-state index is 7.64. The minimum Gasteiger partial charge on any atom is -0.348 e. The molecule has 1 aliphatic carbocycles. The van der Waals surface area contributed by atoms with Crippen molar-refractivity contribution in [1.82, 2.24) is 0 Å². The Balaban J connectivity index is 1.82. The van der Waals surface area contributed by atoms with Gasteiger partial charge in [-0.25, -0.2) is 6.57 Å². The standard InChI is InChI=1S/C16H19NO2/c1-13-3-5-14(6-4-13)15(17-2)7-9-16(10-8-15)18-11-12-19-16/h3-6H,7-12H2,1H3. The van der Waals surface area contributed by atoms with E-state index in [0.717, 1.165) is 31.2 Å². The molecule has 1 spiro atoms. The number of ether oxygens (including phenoxy) is 2. The zero-order valence-corrected chi connectivity index (χ0v) is 11.3. The van der Waals surface area contributed by atoms with Crippen molar-refractivity contribution in [2.24, 2.45) is 0 Å². The van der Waals surface area contributed by atoms with Crippen LogP contribution < -0.4 is 0 Å². The lowest BCUT2D eigenvalue weighted by molar-refractivity contribution is -0.182. The van der Waals surface area contributed by atoms with Crippen LogP contribution in [0.25, 0.3) is 4.85 Å². The quantitative estimate of drug-likeness (QED) is 0.719. The summed E-state index contributed by atoms with van der Waals surface area (Å²) in [5.41, 5.74) is 1.99. The van der Waals surface area contributed by atoms with Gasteiger partial charge in [0.15, 0.2) is 5.79 Å². The predicted octanol–water partition coefficient (Wildman–Crippen LogP) is 3.43. The van der Waals surface area contributed by atoms with Crippen molar-refractivity contribution in [2.45, 2.75) is 43.9 Å². The Hall–Kier alpha value is -1.37. The molecule has 3 nitrogen and oxygen atoms in total. The van der Waals surface area contributed by atoms with E-state index in [-0.39, 0.29) is 11.3 Å². The molecule has 0 atom stereocenters. The molecule has 0 N–H and O–H groups in total. The van der Waals surface area contributed by atoms with E-state index in [4.69, 9.17) is 16.0 Å². The molecule has 1 aliphatic heterocycles. The molecule has 19 heavy (non-hydrogen) atoms. The topological polar surface area (TPSA) is 22.8 Å². The molecule has 100 valence electrons. The maximum Gasteiger partial charge on any atom is 0.257 e. The monoisotopic (exact) mass is 257 g/mol. The SMILES string of the molecule is [C-]#[N+]C1(c2ccc(C)cc2)CCC2(CC1)OCCO2. The molecule has 1 aromatic carbocycles. The molecule has 2 aliphatic rings. The van der Waals surface area contributed by atoms with Crippen LogP contribution in [0, 0.1) is 13.5 Å². The minimum atomic E-state index is -0.390. The van der Waals surface area contributed by atoms with Gasteiger partial charge in [0.2, 0.25) is 0 Å². The van der Waals surface area contributed by atoms with Gasteiger partial charge in [-0.2, -0.15) is 0 Å². The first-order chi connectivity index (χ1) is 9.18. The van der Waals surface area contributed by atoms with Crippen LogP contribution in [-0.4, -0.2) is 19.0 Å². The fourth-order valence-corrected chi connectivity index (χ4v) is 3.16. The highest BCUT2D eigenvalue weighted by atomic mass is 16.7. The Labute approximate surface area is 114 Å². The smallest absolute Gasteiger partial charge is 0.257 e. The summed E-state index contributed by atoms with van der Waals surface area (Å²) in [5, 5.41) is 0. The number of hydrogen-bond donors (Lipinski definition) is 0. The minimum absolute atomic E-state index is 0.381. The molecule has 2 fully saturated rings. The number of nitrogens with zero attached hydrogens (tertiary/aromatic N) is 1. The van der Waals surface area contributed by atoms with Crippen LogP contribution >= 0.6 is 0 Å². The van der Waals surface area contributed by atoms with Crippen molar-refractivity contribution >= 4 is 0 Å². The van der Waals surface area contributed by atoms with Gasteiger partial charge in [0.1, 0.15) is 0 Å². The van der Waals surface area contributed by atoms with Gasteiger partial charge in [-0.1, -0.05) is 29.8 Å². The second-order valence-electron chi connectivity index (χ2n) is 5.62. The third kappa shape index (κ3) is 2.16. The van der Waals surface area contributed by atoms with Crippen LogP contribution in [0.2, 0.25) is 0 Å². The zero-order valence-electron chi connectivity index (χ0n) is 11.3. The molecule has 0 bridgehead atoms. The van der Waals surface area contributed by atoms with Crippen molar-refractivity contribution < 1.29 is 9.47 Å². The highest BCUT2D eigenvalue weighted by molar-refractivity contribution is 5.31. The van der Waals surface area contributed by atoms with E-state index in [1.807, 2.05) is 0 Å². The zero-order chi connectivity index (χ0) is 13.3. The molecule has 1 saturated heterocycles. The Morgan fingerprint density at radius 1 is 1.00 bits per heavy atom. The van der Waals surface area contributed by atoms with Crippen LogP contribution in [0.3, 0.4) is 0 Å². The largest absolute Gasteiger partial charge is 0.348 e. The van der Waals surface area contributed by atoms with Crippen molar-refractivity contribution in [2.75, 3.05) is 13.2 Å². The number of hydrogen-bond acceptors (Lipinski definition) is 2. The summed E-state index contributed by atoms with van der Waals surface area (Å²) < 4.78 is 11.5. The Morgan fingerprint density at radius 2 is 1.58 bits per heavy atom. The lowest BCUT2D eigenvalue weighted by Crippen LogP contribution is -2.40. The van der Waals surface area contributed by atoms with Gasteiger partial charge >= 0.3 is 0 Å². The summed E-state index contributed by atoms with van der Waals surface area (Å²) >= 11 is 0. The summed E-state index contributed by atoms with van der Waals surface area (Å²) in [6.45, 7) is 11.1. The predicted molar refractivity (Wildman–Crippen MR) is 72.6 cm³/mol. The van der Waals surface area contributed by atoms with E-state index in [0.29, 0.717) is 13.2 Å². The normalized spacial score (nSPS) is 24.2. The van der Waals surface area contributed by atoms with E-state index in [2.05, 4.69) is 36.0 Å². The molecule has 1 heterocycles. The van der Waals surface area contributed by atoms with Gasteiger partial charge in [-0.05, 0) is 6.92 Å². The highest BCUT2D eigenvalue weighted by Gasteiger charge is 2.51. The van der Waals surface area contributed by atoms with Gasteiger partial charge in [-0.15, -0.1) is 0 Å². The average Bonchev–Trinajstić information content (AvgIpc) is 2.90. The van der Waals surface area contributed by atoms with Gasteiger partial charge in [0.25, 0.3) is 5.54 Å². The van der Waals surface area contributed by atoms with Crippen LogP contribution in [0.1, 0.15) is 36.8 Å². The molecular formula is C16H19NO2. The maximum absolute atomic E-state index is 7.64. The van der Waals surface area contributed by atoms with E-state index in [1.165, 1.54) is 5.56 Å². The van der Waals surface area contributed by atoms with Gasteiger partial charge in [0.05, 0.1) is 13.2 Å². The summed E-state index contributed by atoms with van der Waals surface area (Å²) in [4.78, 5) is 3.97. The van der Waals surface area contributed by atoms with Gasteiger partial charge < -0.3 is 14.3 Å². The van der Waals surface area contributed by atoms with Gasteiger partial charge in [-0.3, -0.25) is 0 Å². The van der Waals surface area contributed by atoms with E-state index < -0.39 is 0 Å². The Morgan fingerprint density at radius 3 is 2.11 bits per heavy atom. The van der Waals surface area contributed by atoms with Crippen LogP contribution in [0.4, 0.5) is 0 Å².